The summed E-state index contributed by atoms with van der Waals surface area (Å²) in [6, 6.07) is 2.82. The van der Waals surface area contributed by atoms with E-state index in [1.54, 1.807) is 6.07 Å². The predicted molar refractivity (Wildman–Crippen MR) is 67.9 cm³/mol. The molecule has 0 bridgehead atoms. The first-order chi connectivity index (χ1) is 8.52. The number of pyridine rings is 1. The molecule has 1 aromatic rings. The van der Waals surface area contributed by atoms with Gasteiger partial charge in [0.05, 0.1) is 0 Å². The van der Waals surface area contributed by atoms with E-state index in [2.05, 4.69) is 4.98 Å². The van der Waals surface area contributed by atoms with Crippen LogP contribution in [0.3, 0.4) is 0 Å². The van der Waals surface area contributed by atoms with Crippen LogP contribution in [0.4, 0.5) is 14.6 Å². The number of halogens is 3. The highest BCUT2D eigenvalue weighted by molar-refractivity contribution is 6.21. The molecule has 6 heteroatoms. The van der Waals surface area contributed by atoms with Crippen LogP contribution in [0.15, 0.2) is 12.1 Å². The SMILES string of the molecule is NCc1ccc(C(F)(F)Cl)nc1N1CCCCC1. The number of hydrogen-bond donors (Lipinski definition) is 1. The summed E-state index contributed by atoms with van der Waals surface area (Å²) in [6.45, 7) is 1.95. The van der Waals surface area contributed by atoms with Crippen LogP contribution in [-0.2, 0) is 11.9 Å². The number of aromatic nitrogens is 1. The van der Waals surface area contributed by atoms with Gasteiger partial charge in [-0.2, -0.15) is 8.78 Å². The number of anilines is 1. The second-order valence-corrected chi connectivity index (χ2v) is 4.90. The summed E-state index contributed by atoms with van der Waals surface area (Å²) < 4.78 is 26.2. The van der Waals surface area contributed by atoms with Gasteiger partial charge in [0.2, 0.25) is 0 Å². The highest BCUT2D eigenvalue weighted by Gasteiger charge is 2.31. The standard InChI is InChI=1S/C12H16ClF2N3/c13-12(14,15)10-5-4-9(8-16)11(17-10)18-6-2-1-3-7-18/h4-5H,1-3,6-8,16H2. The molecule has 18 heavy (non-hydrogen) atoms. The van der Waals surface area contributed by atoms with E-state index in [4.69, 9.17) is 17.3 Å². The van der Waals surface area contributed by atoms with Gasteiger partial charge >= 0.3 is 5.38 Å². The van der Waals surface area contributed by atoms with Crippen LogP contribution in [0.1, 0.15) is 30.5 Å². The molecule has 0 unspecified atom stereocenters. The average Bonchev–Trinajstić information content (AvgIpc) is 2.38. The highest BCUT2D eigenvalue weighted by atomic mass is 35.5. The zero-order chi connectivity index (χ0) is 13.2. The fraction of sp³-hybridized carbons (Fsp3) is 0.583. The van der Waals surface area contributed by atoms with Gasteiger partial charge in [0, 0.05) is 25.2 Å². The van der Waals surface area contributed by atoms with Crippen molar-refractivity contribution in [3.8, 4) is 0 Å². The largest absolute Gasteiger partial charge is 0.364 e. The summed E-state index contributed by atoms with van der Waals surface area (Å²) in [7, 11) is 0. The van der Waals surface area contributed by atoms with Gasteiger partial charge in [-0.15, -0.1) is 0 Å². The van der Waals surface area contributed by atoms with E-state index in [1.165, 1.54) is 12.5 Å². The van der Waals surface area contributed by atoms with Gasteiger partial charge in [-0.3, -0.25) is 0 Å². The fourth-order valence-electron chi connectivity index (χ4n) is 2.17. The molecular weight excluding hydrogens is 260 g/mol. The quantitative estimate of drug-likeness (QED) is 0.863. The van der Waals surface area contributed by atoms with Crippen LogP contribution >= 0.6 is 11.6 Å². The van der Waals surface area contributed by atoms with Crippen LogP contribution in [-0.4, -0.2) is 18.1 Å². The molecule has 0 atom stereocenters. The normalized spacial score (nSPS) is 17.0. The topological polar surface area (TPSA) is 42.1 Å². The van der Waals surface area contributed by atoms with Gasteiger partial charge in [-0.1, -0.05) is 6.07 Å². The number of piperidine rings is 1. The summed E-state index contributed by atoms with van der Waals surface area (Å²) in [5, 5.41) is -3.43. The molecule has 1 aliphatic rings. The lowest BCUT2D eigenvalue weighted by Crippen LogP contribution is -2.32. The third-order valence-electron chi connectivity index (χ3n) is 3.12. The first kappa shape index (κ1) is 13.5. The molecule has 1 aliphatic heterocycles. The summed E-state index contributed by atoms with van der Waals surface area (Å²) in [5.74, 6) is 0.551. The lowest BCUT2D eigenvalue weighted by atomic mass is 10.1. The van der Waals surface area contributed by atoms with Crippen molar-refractivity contribution in [1.29, 1.82) is 0 Å². The van der Waals surface area contributed by atoms with Crippen molar-refractivity contribution in [2.24, 2.45) is 5.73 Å². The van der Waals surface area contributed by atoms with E-state index >= 15 is 0 Å². The molecule has 2 heterocycles. The molecule has 0 aliphatic carbocycles. The molecule has 2 rings (SSSR count). The Hall–Kier alpha value is -0.940. The molecule has 0 spiro atoms. The van der Waals surface area contributed by atoms with Gasteiger partial charge in [-0.05, 0) is 36.9 Å². The second-order valence-electron chi connectivity index (χ2n) is 4.43. The third-order valence-corrected chi connectivity index (χ3v) is 3.32. The Bertz CT molecular complexity index is 414. The molecule has 0 radical (unpaired) electrons. The zero-order valence-corrected chi connectivity index (χ0v) is 10.8. The first-order valence-electron chi connectivity index (χ1n) is 6.04. The monoisotopic (exact) mass is 275 g/mol. The van der Waals surface area contributed by atoms with Crippen LogP contribution < -0.4 is 10.6 Å². The third kappa shape index (κ3) is 2.90. The Kier molecular flexibility index (Phi) is 4.02. The fourth-order valence-corrected chi connectivity index (χ4v) is 2.28. The molecule has 1 aromatic heterocycles. The lowest BCUT2D eigenvalue weighted by molar-refractivity contribution is 0.0900. The van der Waals surface area contributed by atoms with Gasteiger partial charge in [0.15, 0.2) is 0 Å². The molecule has 0 saturated carbocycles. The molecule has 100 valence electrons. The Labute approximate surface area is 110 Å². The minimum Gasteiger partial charge on any atom is -0.356 e. The van der Waals surface area contributed by atoms with Gasteiger partial charge < -0.3 is 10.6 Å². The number of hydrogen-bond acceptors (Lipinski definition) is 3. The molecule has 2 N–H and O–H groups in total. The molecular formula is C12H16ClF2N3. The number of nitrogens with zero attached hydrogens (tertiary/aromatic N) is 2. The smallest absolute Gasteiger partial charge is 0.356 e. The lowest BCUT2D eigenvalue weighted by Gasteiger charge is -2.29. The minimum absolute atomic E-state index is 0.285. The van der Waals surface area contributed by atoms with E-state index in [9.17, 15) is 8.78 Å². The highest BCUT2D eigenvalue weighted by Crippen LogP contribution is 2.33. The van der Waals surface area contributed by atoms with E-state index in [0.29, 0.717) is 5.82 Å². The van der Waals surface area contributed by atoms with Crippen molar-refractivity contribution in [3.05, 3.63) is 23.4 Å². The van der Waals surface area contributed by atoms with Crippen LogP contribution in [0.5, 0.6) is 0 Å². The maximum atomic E-state index is 13.1. The molecule has 1 saturated heterocycles. The van der Waals surface area contributed by atoms with Crippen molar-refractivity contribution in [2.45, 2.75) is 31.2 Å². The van der Waals surface area contributed by atoms with Crippen molar-refractivity contribution in [2.75, 3.05) is 18.0 Å². The van der Waals surface area contributed by atoms with Gasteiger partial charge in [-0.25, -0.2) is 4.98 Å². The van der Waals surface area contributed by atoms with E-state index in [-0.39, 0.29) is 6.54 Å². The second kappa shape index (κ2) is 5.36. The van der Waals surface area contributed by atoms with Gasteiger partial charge in [0.25, 0.3) is 0 Å². The Morgan fingerprint density at radius 2 is 1.94 bits per heavy atom. The zero-order valence-electron chi connectivity index (χ0n) is 10.0. The van der Waals surface area contributed by atoms with Crippen molar-refractivity contribution in [3.63, 3.8) is 0 Å². The summed E-state index contributed by atoms with van der Waals surface area (Å²) >= 11 is 5.02. The van der Waals surface area contributed by atoms with E-state index in [0.717, 1.165) is 31.5 Å². The Morgan fingerprint density at radius 1 is 1.28 bits per heavy atom. The Balaban J connectivity index is 2.35. The first-order valence-corrected chi connectivity index (χ1v) is 6.42. The average molecular weight is 276 g/mol. The van der Waals surface area contributed by atoms with Crippen LogP contribution in [0.25, 0.3) is 0 Å². The summed E-state index contributed by atoms with van der Waals surface area (Å²) in [6.07, 6.45) is 3.26. The van der Waals surface area contributed by atoms with Crippen molar-refractivity contribution in [1.82, 2.24) is 4.98 Å². The Morgan fingerprint density at radius 3 is 2.50 bits per heavy atom. The van der Waals surface area contributed by atoms with E-state index < -0.39 is 11.1 Å². The summed E-state index contributed by atoms with van der Waals surface area (Å²) in [5.41, 5.74) is 5.99. The number of nitrogens with two attached hydrogens (primary N) is 1. The molecule has 3 nitrogen and oxygen atoms in total. The number of rotatable bonds is 3. The van der Waals surface area contributed by atoms with Crippen LogP contribution in [0, 0.1) is 0 Å². The minimum atomic E-state index is -3.43. The number of alkyl halides is 3. The maximum absolute atomic E-state index is 13.1. The molecule has 1 fully saturated rings. The van der Waals surface area contributed by atoms with Gasteiger partial charge in [0.1, 0.15) is 11.5 Å². The molecule has 0 aromatic carbocycles. The van der Waals surface area contributed by atoms with Crippen molar-refractivity contribution < 1.29 is 8.78 Å². The summed E-state index contributed by atoms with van der Waals surface area (Å²) in [4.78, 5) is 6.01. The van der Waals surface area contributed by atoms with E-state index in [1.807, 2.05) is 4.90 Å². The maximum Gasteiger partial charge on any atom is 0.364 e. The molecule has 0 amide bonds. The van der Waals surface area contributed by atoms with Crippen LogP contribution in [0.2, 0.25) is 0 Å². The van der Waals surface area contributed by atoms with Crippen molar-refractivity contribution >= 4 is 17.4 Å². The predicted octanol–water partition coefficient (Wildman–Crippen LogP) is 2.82.